The van der Waals surface area contributed by atoms with Crippen molar-refractivity contribution in [1.29, 1.82) is 0 Å². The van der Waals surface area contributed by atoms with E-state index < -0.39 is 0 Å². The zero-order valence-corrected chi connectivity index (χ0v) is 16.7. The second-order valence-electron chi connectivity index (χ2n) is 3.17. The van der Waals surface area contributed by atoms with Gasteiger partial charge in [-0.3, -0.25) is 0 Å². The standard InChI is InChI=1S/C8H8Br6/c1-2-6(10)4-3-5(9)7(11,12)8(6,13)14/h3-5H,2H2,1H3. The molecule has 0 spiro atoms. The summed E-state index contributed by atoms with van der Waals surface area (Å²) in [5.74, 6) is 0. The first-order valence-corrected chi connectivity index (χ1v) is 8.85. The second kappa shape index (κ2) is 4.71. The number of halogens is 6. The number of hydrogen-bond donors (Lipinski definition) is 0. The van der Waals surface area contributed by atoms with Crippen LogP contribution in [-0.4, -0.2) is 15.6 Å². The van der Waals surface area contributed by atoms with Gasteiger partial charge in [-0.2, -0.15) is 0 Å². The molecule has 1 aliphatic rings. The SMILES string of the molecule is CCC1(Br)C=CC(Br)C(Br)(Br)C1(Br)Br. The Labute approximate surface area is 135 Å². The molecule has 0 nitrogen and oxygen atoms in total. The zero-order valence-electron chi connectivity index (χ0n) is 7.21. The predicted octanol–water partition coefficient (Wildman–Crippen LogP) is 5.84. The lowest BCUT2D eigenvalue weighted by atomic mass is 9.93. The normalized spacial score (nSPS) is 39.8. The molecular weight excluding hydrogens is 576 g/mol. The van der Waals surface area contributed by atoms with Crippen LogP contribution in [0.4, 0.5) is 0 Å². The van der Waals surface area contributed by atoms with Crippen molar-refractivity contribution in [3.05, 3.63) is 12.2 Å². The molecule has 1 aliphatic carbocycles. The van der Waals surface area contributed by atoms with Crippen LogP contribution in [0.25, 0.3) is 0 Å². The van der Waals surface area contributed by atoms with Gasteiger partial charge in [0, 0.05) is 0 Å². The van der Waals surface area contributed by atoms with E-state index in [0.29, 0.717) is 0 Å². The zero-order chi connectivity index (χ0) is 11.2. The van der Waals surface area contributed by atoms with Crippen LogP contribution < -0.4 is 0 Å². The van der Waals surface area contributed by atoms with E-state index in [-0.39, 0.29) is 15.6 Å². The van der Waals surface area contributed by atoms with Crippen molar-refractivity contribution in [3.8, 4) is 0 Å². The summed E-state index contributed by atoms with van der Waals surface area (Å²) in [7, 11) is 0. The molecule has 0 aromatic carbocycles. The Hall–Kier alpha value is 2.62. The van der Waals surface area contributed by atoms with E-state index in [1.807, 2.05) is 0 Å². The van der Waals surface area contributed by atoms with E-state index in [0.717, 1.165) is 6.42 Å². The average Bonchev–Trinajstić information content (AvgIpc) is 2.10. The quantitative estimate of drug-likeness (QED) is 0.269. The molecule has 14 heavy (non-hydrogen) atoms. The van der Waals surface area contributed by atoms with Gasteiger partial charge in [0.1, 0.15) is 6.47 Å². The minimum atomic E-state index is -0.308. The van der Waals surface area contributed by atoms with Crippen LogP contribution >= 0.6 is 95.6 Å². The van der Waals surface area contributed by atoms with Crippen molar-refractivity contribution in [3.63, 3.8) is 0 Å². The Kier molecular flexibility index (Phi) is 4.94. The lowest BCUT2D eigenvalue weighted by Crippen LogP contribution is -2.56. The molecular formula is C8H8Br6. The molecule has 0 amide bonds. The Balaban J connectivity index is 3.24. The van der Waals surface area contributed by atoms with Gasteiger partial charge < -0.3 is 0 Å². The first-order valence-electron chi connectivity index (χ1n) is 3.97. The maximum absolute atomic E-state index is 3.76. The molecule has 0 radical (unpaired) electrons. The van der Waals surface area contributed by atoms with Gasteiger partial charge in [0.15, 0.2) is 0 Å². The molecule has 6 heteroatoms. The molecule has 82 valence electrons. The van der Waals surface area contributed by atoms with Crippen molar-refractivity contribution in [2.45, 2.75) is 29.0 Å². The lowest BCUT2D eigenvalue weighted by Gasteiger charge is -2.49. The molecule has 0 fully saturated rings. The van der Waals surface area contributed by atoms with Gasteiger partial charge in [0.25, 0.3) is 0 Å². The van der Waals surface area contributed by atoms with Crippen LogP contribution in [0.1, 0.15) is 13.3 Å². The highest BCUT2D eigenvalue weighted by molar-refractivity contribution is 9.31. The molecule has 0 N–H and O–H groups in total. The largest absolute Gasteiger partial charge is 0.125 e. The van der Waals surface area contributed by atoms with Crippen molar-refractivity contribution >= 4 is 95.6 Å². The highest BCUT2D eigenvalue weighted by Crippen LogP contribution is 2.63. The maximum atomic E-state index is 3.76. The molecule has 0 heterocycles. The number of rotatable bonds is 1. The molecule has 0 aromatic heterocycles. The Morgan fingerprint density at radius 2 is 1.64 bits per heavy atom. The summed E-state index contributed by atoms with van der Waals surface area (Å²) in [5.41, 5.74) is 0. The summed E-state index contributed by atoms with van der Waals surface area (Å²) in [6, 6.07) is 0. The number of allylic oxidation sites excluding steroid dienone is 2. The average molecular weight is 584 g/mol. The number of hydrogen-bond acceptors (Lipinski definition) is 0. The summed E-state index contributed by atoms with van der Waals surface area (Å²) in [5, 5.41) is 0. The van der Waals surface area contributed by atoms with Gasteiger partial charge in [-0.25, -0.2) is 0 Å². The topological polar surface area (TPSA) is 0 Å². The van der Waals surface area contributed by atoms with Crippen LogP contribution in [-0.2, 0) is 0 Å². The summed E-state index contributed by atoms with van der Waals surface area (Å²) in [6.07, 6.45) is 5.26. The highest BCUT2D eigenvalue weighted by Gasteiger charge is 2.60. The van der Waals surface area contributed by atoms with Crippen LogP contribution in [0.5, 0.6) is 0 Å². The molecule has 0 saturated heterocycles. The fourth-order valence-electron chi connectivity index (χ4n) is 1.25. The van der Waals surface area contributed by atoms with Crippen LogP contribution in [0, 0.1) is 0 Å². The fourth-order valence-corrected chi connectivity index (χ4v) is 5.69. The smallest absolute Gasteiger partial charge is 0.0820 e. The molecule has 1 rings (SSSR count). The molecule has 2 atom stereocenters. The molecule has 0 aromatic rings. The molecule has 2 unspecified atom stereocenters. The van der Waals surface area contributed by atoms with E-state index in [9.17, 15) is 0 Å². The van der Waals surface area contributed by atoms with Crippen LogP contribution in [0.3, 0.4) is 0 Å². The van der Waals surface area contributed by atoms with Gasteiger partial charge in [-0.05, 0) is 6.42 Å². The van der Waals surface area contributed by atoms with Crippen molar-refractivity contribution < 1.29 is 0 Å². The molecule has 0 aliphatic heterocycles. The highest BCUT2D eigenvalue weighted by atomic mass is 79.9. The van der Waals surface area contributed by atoms with Gasteiger partial charge >= 0.3 is 0 Å². The minimum absolute atomic E-state index is 0.128. The van der Waals surface area contributed by atoms with E-state index in [4.69, 9.17) is 0 Å². The van der Waals surface area contributed by atoms with Crippen molar-refractivity contribution in [2.24, 2.45) is 0 Å². The molecule has 0 saturated carbocycles. The van der Waals surface area contributed by atoms with Crippen LogP contribution in [0.2, 0.25) is 0 Å². The second-order valence-corrected chi connectivity index (χ2v) is 12.6. The number of alkyl halides is 6. The van der Waals surface area contributed by atoms with Gasteiger partial charge in [-0.1, -0.05) is 115 Å². The van der Waals surface area contributed by atoms with E-state index in [2.05, 4.69) is 115 Å². The molecule has 0 bridgehead atoms. The first kappa shape index (κ1) is 14.7. The third kappa shape index (κ3) is 2.14. The third-order valence-electron chi connectivity index (χ3n) is 2.33. The Morgan fingerprint density at radius 1 is 1.14 bits per heavy atom. The van der Waals surface area contributed by atoms with Crippen molar-refractivity contribution in [1.82, 2.24) is 0 Å². The third-order valence-corrected chi connectivity index (χ3v) is 14.0. The summed E-state index contributed by atoms with van der Waals surface area (Å²) < 4.78 is -0.726. The Morgan fingerprint density at radius 3 is 2.07 bits per heavy atom. The van der Waals surface area contributed by atoms with E-state index in [1.165, 1.54) is 0 Å². The lowest BCUT2D eigenvalue weighted by molar-refractivity contribution is 0.584. The fraction of sp³-hybridized carbons (Fsp3) is 0.750. The van der Waals surface area contributed by atoms with Gasteiger partial charge in [0.2, 0.25) is 0 Å². The summed E-state index contributed by atoms with van der Waals surface area (Å²) in [4.78, 5) is 0.200. The van der Waals surface area contributed by atoms with Crippen molar-refractivity contribution in [2.75, 3.05) is 0 Å². The van der Waals surface area contributed by atoms with Gasteiger partial charge in [0.05, 0.1) is 9.15 Å². The first-order chi connectivity index (χ1) is 6.19. The monoisotopic (exact) mass is 578 g/mol. The minimum Gasteiger partial charge on any atom is -0.0820 e. The Bertz CT molecular complexity index is 259. The summed E-state index contributed by atoms with van der Waals surface area (Å²) >= 11 is 22.2. The van der Waals surface area contributed by atoms with Gasteiger partial charge in [-0.15, -0.1) is 0 Å². The van der Waals surface area contributed by atoms with Crippen LogP contribution in [0.15, 0.2) is 12.2 Å². The van der Waals surface area contributed by atoms with E-state index in [1.54, 1.807) is 0 Å². The predicted molar refractivity (Wildman–Crippen MR) is 85.0 cm³/mol. The van der Waals surface area contributed by atoms with E-state index >= 15 is 0 Å². The maximum Gasteiger partial charge on any atom is 0.125 e. The summed E-state index contributed by atoms with van der Waals surface area (Å²) in [6.45, 7) is 2.14.